The zero-order valence-corrected chi connectivity index (χ0v) is 14.1. The van der Waals surface area contributed by atoms with Crippen molar-refractivity contribution in [3.63, 3.8) is 0 Å². The van der Waals surface area contributed by atoms with Crippen molar-refractivity contribution in [2.75, 3.05) is 19.0 Å². The Hall–Kier alpha value is -2.47. The number of nitrogens with one attached hydrogen (secondary N) is 2. The Kier molecular flexibility index (Phi) is 6.26. The molecule has 0 aliphatic heterocycles. The Bertz CT molecular complexity index is 725. The first-order valence-corrected chi connectivity index (χ1v) is 7.71. The fourth-order valence-electron chi connectivity index (χ4n) is 2.07. The molecule has 0 heterocycles. The number of carbonyl (C=O) groups excluding carboxylic acids is 1. The summed E-state index contributed by atoms with van der Waals surface area (Å²) in [5.41, 5.74) is 0.835. The molecule has 24 heavy (non-hydrogen) atoms. The minimum absolute atomic E-state index is 0.109. The van der Waals surface area contributed by atoms with Gasteiger partial charge in [-0.25, -0.2) is 9.18 Å². The molecular weight excluding hydrogens is 335 g/mol. The van der Waals surface area contributed by atoms with Gasteiger partial charge < -0.3 is 20.1 Å². The number of methoxy groups -OCH3 is 1. The monoisotopic (exact) mass is 352 g/mol. The highest BCUT2D eigenvalue weighted by Gasteiger charge is 2.12. The van der Waals surface area contributed by atoms with Crippen molar-refractivity contribution in [1.29, 1.82) is 0 Å². The summed E-state index contributed by atoms with van der Waals surface area (Å²) in [7, 11) is 1.51. The van der Waals surface area contributed by atoms with Gasteiger partial charge in [-0.15, -0.1) is 0 Å². The van der Waals surface area contributed by atoms with Crippen LogP contribution in [0.15, 0.2) is 36.4 Å². The lowest BCUT2D eigenvalue weighted by atomic mass is 10.2. The van der Waals surface area contributed by atoms with Crippen molar-refractivity contribution < 1.29 is 18.7 Å². The van der Waals surface area contributed by atoms with Crippen LogP contribution in [-0.2, 0) is 6.54 Å². The topological polar surface area (TPSA) is 59.6 Å². The van der Waals surface area contributed by atoms with E-state index in [-0.39, 0.29) is 12.2 Å². The SMILES string of the molecule is CCOc1c(Cl)cc(CNC(=O)Nc2ccccc2F)cc1OC. The highest BCUT2D eigenvalue weighted by atomic mass is 35.5. The number of ether oxygens (including phenoxy) is 2. The van der Waals surface area contributed by atoms with Gasteiger partial charge in [0.05, 0.1) is 24.4 Å². The van der Waals surface area contributed by atoms with Crippen LogP contribution in [0, 0.1) is 5.82 Å². The number of rotatable bonds is 6. The molecule has 0 aromatic heterocycles. The molecule has 0 spiro atoms. The van der Waals surface area contributed by atoms with Crippen molar-refractivity contribution >= 4 is 23.3 Å². The van der Waals surface area contributed by atoms with E-state index in [1.807, 2.05) is 6.92 Å². The number of para-hydroxylation sites is 1. The summed E-state index contributed by atoms with van der Waals surface area (Å²) in [6, 6.07) is 8.81. The first-order chi connectivity index (χ1) is 11.5. The Balaban J connectivity index is 2.02. The van der Waals surface area contributed by atoms with Crippen molar-refractivity contribution in [3.05, 3.63) is 52.8 Å². The van der Waals surface area contributed by atoms with E-state index >= 15 is 0 Å². The molecule has 0 atom stereocenters. The van der Waals surface area contributed by atoms with Crippen molar-refractivity contribution in [3.8, 4) is 11.5 Å². The van der Waals surface area contributed by atoms with Gasteiger partial charge in [-0.05, 0) is 36.8 Å². The third-order valence-electron chi connectivity index (χ3n) is 3.15. The van der Waals surface area contributed by atoms with Gasteiger partial charge >= 0.3 is 6.03 Å². The second-order valence-corrected chi connectivity index (χ2v) is 5.24. The number of halogens is 2. The highest BCUT2D eigenvalue weighted by Crippen LogP contribution is 2.36. The quantitative estimate of drug-likeness (QED) is 0.818. The molecule has 0 saturated heterocycles. The van der Waals surface area contributed by atoms with E-state index in [4.69, 9.17) is 21.1 Å². The van der Waals surface area contributed by atoms with E-state index in [1.165, 1.54) is 19.2 Å². The highest BCUT2D eigenvalue weighted by molar-refractivity contribution is 6.32. The van der Waals surface area contributed by atoms with E-state index in [1.54, 1.807) is 24.3 Å². The van der Waals surface area contributed by atoms with Gasteiger partial charge in [-0.2, -0.15) is 0 Å². The number of benzene rings is 2. The average molecular weight is 353 g/mol. The first kappa shape index (κ1) is 17.9. The fraction of sp³-hybridized carbons (Fsp3) is 0.235. The van der Waals surface area contributed by atoms with E-state index in [0.717, 1.165) is 5.56 Å². The molecule has 2 N–H and O–H groups in total. The van der Waals surface area contributed by atoms with Crippen LogP contribution >= 0.6 is 11.6 Å². The van der Waals surface area contributed by atoms with Crippen LogP contribution in [-0.4, -0.2) is 19.7 Å². The lowest BCUT2D eigenvalue weighted by molar-refractivity contribution is 0.251. The van der Waals surface area contributed by atoms with Crippen LogP contribution in [0.2, 0.25) is 5.02 Å². The van der Waals surface area contributed by atoms with E-state index in [0.29, 0.717) is 23.1 Å². The zero-order chi connectivity index (χ0) is 17.5. The average Bonchev–Trinajstić information content (AvgIpc) is 2.57. The van der Waals surface area contributed by atoms with Crippen molar-refractivity contribution in [2.45, 2.75) is 13.5 Å². The minimum Gasteiger partial charge on any atom is -0.493 e. The number of hydrogen-bond donors (Lipinski definition) is 2. The van der Waals surface area contributed by atoms with Gasteiger partial charge in [-0.1, -0.05) is 23.7 Å². The number of amides is 2. The molecule has 7 heteroatoms. The van der Waals surface area contributed by atoms with E-state index in [2.05, 4.69) is 10.6 Å². The van der Waals surface area contributed by atoms with Crippen LogP contribution in [0.25, 0.3) is 0 Å². The zero-order valence-electron chi connectivity index (χ0n) is 13.4. The van der Waals surface area contributed by atoms with Crippen LogP contribution in [0.1, 0.15) is 12.5 Å². The largest absolute Gasteiger partial charge is 0.493 e. The Labute approximate surface area is 144 Å². The smallest absolute Gasteiger partial charge is 0.319 e. The maximum absolute atomic E-state index is 13.5. The summed E-state index contributed by atoms with van der Waals surface area (Å²) in [5.74, 6) is 0.440. The molecule has 2 rings (SSSR count). The summed E-state index contributed by atoms with van der Waals surface area (Å²) >= 11 is 6.18. The first-order valence-electron chi connectivity index (χ1n) is 7.33. The number of anilines is 1. The van der Waals surface area contributed by atoms with Gasteiger partial charge in [0.25, 0.3) is 0 Å². The van der Waals surface area contributed by atoms with Crippen molar-refractivity contribution in [1.82, 2.24) is 5.32 Å². The van der Waals surface area contributed by atoms with E-state index in [9.17, 15) is 9.18 Å². The second-order valence-electron chi connectivity index (χ2n) is 4.83. The maximum atomic E-state index is 13.5. The third-order valence-corrected chi connectivity index (χ3v) is 3.43. The van der Waals surface area contributed by atoms with Crippen LogP contribution < -0.4 is 20.1 Å². The van der Waals surface area contributed by atoms with Gasteiger partial charge in [-0.3, -0.25) is 0 Å². The summed E-state index contributed by atoms with van der Waals surface area (Å²) in [4.78, 5) is 11.9. The number of hydrogen-bond acceptors (Lipinski definition) is 3. The number of carbonyl (C=O) groups is 1. The molecule has 5 nitrogen and oxygen atoms in total. The minimum atomic E-state index is -0.524. The van der Waals surface area contributed by atoms with E-state index < -0.39 is 11.8 Å². The van der Waals surface area contributed by atoms with Crippen LogP contribution in [0.4, 0.5) is 14.9 Å². The van der Waals surface area contributed by atoms with Crippen LogP contribution in [0.3, 0.4) is 0 Å². The Morgan fingerprint density at radius 3 is 2.71 bits per heavy atom. The lowest BCUT2D eigenvalue weighted by Crippen LogP contribution is -2.28. The summed E-state index contributed by atoms with van der Waals surface area (Å²) in [6.07, 6.45) is 0. The lowest BCUT2D eigenvalue weighted by Gasteiger charge is -2.14. The molecule has 0 bridgehead atoms. The molecule has 2 aromatic carbocycles. The predicted molar refractivity (Wildman–Crippen MR) is 91.4 cm³/mol. The second kappa shape index (κ2) is 8.40. The summed E-state index contributed by atoms with van der Waals surface area (Å²) < 4.78 is 24.2. The van der Waals surface area contributed by atoms with Gasteiger partial charge in [0, 0.05) is 6.54 Å². The summed E-state index contributed by atoms with van der Waals surface area (Å²) in [6.45, 7) is 2.50. The fourth-order valence-corrected chi connectivity index (χ4v) is 2.36. The Morgan fingerprint density at radius 2 is 2.04 bits per heavy atom. The molecule has 2 aromatic rings. The van der Waals surface area contributed by atoms with Gasteiger partial charge in [0.2, 0.25) is 0 Å². The molecule has 0 radical (unpaired) electrons. The number of urea groups is 1. The third kappa shape index (κ3) is 4.52. The van der Waals surface area contributed by atoms with Crippen molar-refractivity contribution in [2.24, 2.45) is 0 Å². The summed E-state index contributed by atoms with van der Waals surface area (Å²) in [5, 5.41) is 5.47. The Morgan fingerprint density at radius 1 is 1.29 bits per heavy atom. The van der Waals surface area contributed by atoms with Crippen LogP contribution in [0.5, 0.6) is 11.5 Å². The predicted octanol–water partition coefficient (Wildman–Crippen LogP) is 4.21. The normalized spacial score (nSPS) is 10.2. The molecule has 2 amide bonds. The molecule has 0 aliphatic rings. The van der Waals surface area contributed by atoms with Gasteiger partial charge in [0.15, 0.2) is 11.5 Å². The molecule has 0 fully saturated rings. The van der Waals surface area contributed by atoms with Gasteiger partial charge in [0.1, 0.15) is 5.82 Å². The molecule has 128 valence electrons. The molecule has 0 aliphatic carbocycles. The molecule has 0 unspecified atom stereocenters. The molecular formula is C17H18ClFN2O3. The maximum Gasteiger partial charge on any atom is 0.319 e. The standard InChI is InChI=1S/C17H18ClFN2O3/c1-3-24-16-12(18)8-11(9-15(16)23-2)10-20-17(22)21-14-7-5-4-6-13(14)19/h4-9H,3,10H2,1-2H3,(H2,20,21,22). The molecule has 0 saturated carbocycles.